The lowest BCUT2D eigenvalue weighted by Crippen LogP contribution is -2.32. The van der Waals surface area contributed by atoms with E-state index in [1.54, 1.807) is 18.3 Å². The average molecular weight is 455 g/mol. The van der Waals surface area contributed by atoms with Crippen LogP contribution in [0, 0.1) is 11.7 Å². The number of carbonyl (C=O) groups is 1. The van der Waals surface area contributed by atoms with Crippen molar-refractivity contribution in [3.63, 3.8) is 0 Å². The Bertz CT molecular complexity index is 1570. The average Bonchev–Trinajstić information content (AvgIpc) is 3.28. The van der Waals surface area contributed by atoms with Crippen molar-refractivity contribution in [2.75, 3.05) is 0 Å². The van der Waals surface area contributed by atoms with Gasteiger partial charge in [-0.25, -0.2) is 8.91 Å². The Kier molecular flexibility index (Phi) is 5.45. The standard InChI is InChI=1S/C27H23FN4O2/c1-16(2)25(18-9-11-21(28)12-10-18)30-26(33)22-14-24-27(34)29-23(15-32(24)31-22)20-8-7-17-5-3-4-6-19(17)13-20/h3-16,25H,1-2H3,(H,29,34)(H,30,33). The minimum absolute atomic E-state index is 0.0642. The summed E-state index contributed by atoms with van der Waals surface area (Å²) in [6, 6.07) is 21.1. The van der Waals surface area contributed by atoms with Gasteiger partial charge in [0.15, 0.2) is 5.69 Å². The van der Waals surface area contributed by atoms with Gasteiger partial charge >= 0.3 is 0 Å². The molecule has 0 saturated carbocycles. The van der Waals surface area contributed by atoms with Gasteiger partial charge in [0.2, 0.25) is 0 Å². The van der Waals surface area contributed by atoms with Crippen LogP contribution in [0.3, 0.4) is 0 Å². The van der Waals surface area contributed by atoms with Gasteiger partial charge in [0, 0.05) is 11.6 Å². The summed E-state index contributed by atoms with van der Waals surface area (Å²) in [5.74, 6) is -0.674. The molecule has 2 aromatic heterocycles. The van der Waals surface area contributed by atoms with Gasteiger partial charge < -0.3 is 10.3 Å². The number of H-pyrrole nitrogens is 1. The maximum Gasteiger partial charge on any atom is 0.274 e. The van der Waals surface area contributed by atoms with E-state index in [-0.39, 0.29) is 34.5 Å². The molecular weight excluding hydrogens is 431 g/mol. The zero-order valence-electron chi connectivity index (χ0n) is 18.7. The number of aromatic nitrogens is 3. The van der Waals surface area contributed by atoms with Gasteiger partial charge in [-0.2, -0.15) is 5.10 Å². The number of nitrogens with zero attached hydrogens (tertiary/aromatic N) is 2. The van der Waals surface area contributed by atoms with Gasteiger partial charge in [-0.15, -0.1) is 0 Å². The molecule has 5 aromatic rings. The monoisotopic (exact) mass is 454 g/mol. The van der Waals surface area contributed by atoms with Gasteiger partial charge in [-0.1, -0.05) is 62.4 Å². The molecule has 34 heavy (non-hydrogen) atoms. The topological polar surface area (TPSA) is 79.3 Å². The highest BCUT2D eigenvalue weighted by molar-refractivity contribution is 5.94. The third-order valence-corrected chi connectivity index (χ3v) is 5.94. The summed E-state index contributed by atoms with van der Waals surface area (Å²) in [6.07, 6.45) is 1.71. The highest BCUT2D eigenvalue weighted by Crippen LogP contribution is 2.24. The molecule has 1 atom stereocenters. The number of rotatable bonds is 5. The second-order valence-corrected chi connectivity index (χ2v) is 8.66. The van der Waals surface area contributed by atoms with Crippen LogP contribution in [0.5, 0.6) is 0 Å². The van der Waals surface area contributed by atoms with Crippen molar-refractivity contribution >= 4 is 22.2 Å². The Hall–Kier alpha value is -4.26. The van der Waals surface area contributed by atoms with Gasteiger partial charge in [0.1, 0.15) is 11.3 Å². The van der Waals surface area contributed by atoms with Crippen molar-refractivity contribution in [1.29, 1.82) is 0 Å². The molecule has 2 N–H and O–H groups in total. The van der Waals surface area contributed by atoms with E-state index in [1.807, 2.05) is 56.3 Å². The van der Waals surface area contributed by atoms with Gasteiger partial charge in [-0.3, -0.25) is 9.59 Å². The maximum absolute atomic E-state index is 13.3. The van der Waals surface area contributed by atoms with E-state index in [0.29, 0.717) is 5.69 Å². The number of nitrogens with one attached hydrogen (secondary N) is 2. The first-order chi connectivity index (χ1) is 16.4. The van der Waals surface area contributed by atoms with Crippen molar-refractivity contribution in [3.8, 4) is 11.3 Å². The highest BCUT2D eigenvalue weighted by Gasteiger charge is 2.21. The second kappa shape index (κ2) is 8.59. The van der Waals surface area contributed by atoms with E-state index in [1.165, 1.54) is 22.7 Å². The van der Waals surface area contributed by atoms with E-state index in [0.717, 1.165) is 21.9 Å². The van der Waals surface area contributed by atoms with Crippen molar-refractivity contribution in [2.45, 2.75) is 19.9 Å². The maximum atomic E-state index is 13.3. The lowest BCUT2D eigenvalue weighted by Gasteiger charge is -2.22. The number of hydrogen-bond donors (Lipinski definition) is 2. The number of aromatic amines is 1. The largest absolute Gasteiger partial charge is 0.344 e. The lowest BCUT2D eigenvalue weighted by atomic mass is 9.96. The highest BCUT2D eigenvalue weighted by atomic mass is 19.1. The lowest BCUT2D eigenvalue weighted by molar-refractivity contribution is 0.0920. The van der Waals surface area contributed by atoms with Crippen LogP contribution >= 0.6 is 0 Å². The third kappa shape index (κ3) is 4.08. The summed E-state index contributed by atoms with van der Waals surface area (Å²) < 4.78 is 14.8. The Morgan fingerprint density at radius 1 is 1.00 bits per heavy atom. The zero-order chi connectivity index (χ0) is 23.8. The van der Waals surface area contributed by atoms with Gasteiger partial charge in [0.25, 0.3) is 11.5 Å². The van der Waals surface area contributed by atoms with Crippen molar-refractivity contribution in [1.82, 2.24) is 19.9 Å². The van der Waals surface area contributed by atoms with Crippen molar-refractivity contribution in [3.05, 3.63) is 106 Å². The SMILES string of the molecule is CC(C)C(NC(=O)c1cc2c(=O)[nH]c(-c3ccc4ccccc4c3)cn2n1)c1ccc(F)cc1. The Morgan fingerprint density at radius 2 is 1.74 bits per heavy atom. The summed E-state index contributed by atoms with van der Waals surface area (Å²) in [4.78, 5) is 28.7. The molecule has 2 heterocycles. The van der Waals surface area contributed by atoms with E-state index >= 15 is 0 Å². The molecular formula is C27H23FN4O2. The Morgan fingerprint density at radius 3 is 2.47 bits per heavy atom. The van der Waals surface area contributed by atoms with E-state index in [2.05, 4.69) is 15.4 Å². The predicted molar refractivity (Wildman–Crippen MR) is 130 cm³/mol. The summed E-state index contributed by atoms with van der Waals surface area (Å²) in [7, 11) is 0. The number of amides is 1. The summed E-state index contributed by atoms with van der Waals surface area (Å²) in [5, 5.41) is 9.50. The first-order valence-corrected chi connectivity index (χ1v) is 11.1. The molecule has 1 unspecified atom stereocenters. The van der Waals surface area contributed by atoms with E-state index in [4.69, 9.17) is 0 Å². The van der Waals surface area contributed by atoms with Gasteiger partial charge in [-0.05, 0) is 40.5 Å². The summed E-state index contributed by atoms with van der Waals surface area (Å²) in [6.45, 7) is 3.94. The fourth-order valence-electron chi connectivity index (χ4n) is 4.14. The summed E-state index contributed by atoms with van der Waals surface area (Å²) in [5.41, 5.74) is 2.31. The molecule has 6 nitrogen and oxygen atoms in total. The fraction of sp³-hybridized carbons (Fsp3) is 0.148. The first-order valence-electron chi connectivity index (χ1n) is 11.1. The van der Waals surface area contributed by atoms with Gasteiger partial charge in [0.05, 0.1) is 17.9 Å². The second-order valence-electron chi connectivity index (χ2n) is 8.66. The van der Waals surface area contributed by atoms with Crippen LogP contribution in [-0.2, 0) is 0 Å². The smallest absolute Gasteiger partial charge is 0.274 e. The molecule has 0 saturated heterocycles. The minimum Gasteiger partial charge on any atom is -0.344 e. The predicted octanol–water partition coefficient (Wildman–Crippen LogP) is 5.11. The molecule has 0 fully saturated rings. The van der Waals surface area contributed by atoms with E-state index in [9.17, 15) is 14.0 Å². The molecule has 1 amide bonds. The molecule has 170 valence electrons. The zero-order valence-corrected chi connectivity index (χ0v) is 18.7. The van der Waals surface area contributed by atoms with Crippen LogP contribution in [0.4, 0.5) is 4.39 Å². The first kappa shape index (κ1) is 21.6. The van der Waals surface area contributed by atoms with E-state index < -0.39 is 5.91 Å². The van der Waals surface area contributed by atoms with Crippen LogP contribution in [0.15, 0.2) is 83.8 Å². The Balaban J connectivity index is 1.47. The molecule has 3 aromatic carbocycles. The number of hydrogen-bond acceptors (Lipinski definition) is 3. The molecule has 0 aliphatic carbocycles. The number of carbonyl (C=O) groups excluding carboxylic acids is 1. The number of fused-ring (bicyclic) bond motifs is 2. The summed E-state index contributed by atoms with van der Waals surface area (Å²) >= 11 is 0. The molecule has 5 rings (SSSR count). The number of benzene rings is 3. The molecule has 0 aliphatic heterocycles. The third-order valence-electron chi connectivity index (χ3n) is 5.94. The molecule has 0 spiro atoms. The number of halogens is 1. The van der Waals surface area contributed by atoms with Crippen LogP contribution in [0.25, 0.3) is 27.5 Å². The van der Waals surface area contributed by atoms with Crippen molar-refractivity contribution < 1.29 is 9.18 Å². The fourth-order valence-corrected chi connectivity index (χ4v) is 4.14. The van der Waals surface area contributed by atoms with Crippen molar-refractivity contribution in [2.24, 2.45) is 5.92 Å². The van der Waals surface area contributed by atoms with Crippen LogP contribution in [0.1, 0.15) is 35.9 Å². The van der Waals surface area contributed by atoms with Crippen LogP contribution in [-0.4, -0.2) is 20.5 Å². The molecule has 0 radical (unpaired) electrons. The molecule has 7 heteroatoms. The molecule has 0 bridgehead atoms. The quantitative estimate of drug-likeness (QED) is 0.387. The molecule has 0 aliphatic rings. The minimum atomic E-state index is -0.404. The normalized spacial score (nSPS) is 12.4. The van der Waals surface area contributed by atoms with Crippen LogP contribution in [0.2, 0.25) is 0 Å². The Labute approximate surface area is 195 Å². The van der Waals surface area contributed by atoms with Crippen LogP contribution < -0.4 is 10.9 Å².